The van der Waals surface area contributed by atoms with E-state index in [0.29, 0.717) is 119 Å². The number of hydrogen-bond acceptors (Lipinski definition) is 11. The van der Waals surface area contributed by atoms with Gasteiger partial charge < -0.3 is 48.5 Å². The highest BCUT2D eigenvalue weighted by atomic mass is 16.6. The third kappa shape index (κ3) is 25.8. The van der Waals surface area contributed by atoms with Crippen LogP contribution in [-0.2, 0) is 60.7 Å². The predicted octanol–water partition coefficient (Wildman–Crippen LogP) is 1.34. The molecule has 13 heteroatoms. The van der Waals surface area contributed by atoms with Crippen molar-refractivity contribution in [3.8, 4) is 0 Å². The van der Waals surface area contributed by atoms with Crippen molar-refractivity contribution in [2.24, 2.45) is 0 Å². The molecular weight excluding hydrogens is 610 g/mol. The minimum absolute atomic E-state index is 0.0338. The molecule has 0 aliphatic carbocycles. The predicted molar refractivity (Wildman–Crippen MR) is 176 cm³/mol. The van der Waals surface area contributed by atoms with Gasteiger partial charge in [0.2, 0.25) is 11.8 Å². The fourth-order valence-corrected chi connectivity index (χ4v) is 3.79. The minimum Gasteiger partial charge on any atom is -0.377 e. The first-order valence-corrected chi connectivity index (χ1v) is 16.2. The van der Waals surface area contributed by atoms with E-state index in [1.807, 2.05) is 60.7 Å². The molecule has 0 atom stereocenters. The fourth-order valence-electron chi connectivity index (χ4n) is 3.79. The molecule has 0 aromatic heterocycles. The van der Waals surface area contributed by atoms with Gasteiger partial charge in [0.1, 0.15) is 0 Å². The van der Waals surface area contributed by atoms with Gasteiger partial charge in [0.05, 0.1) is 119 Å². The number of ether oxygens (including phenoxy) is 8. The van der Waals surface area contributed by atoms with Crippen LogP contribution in [0.2, 0.25) is 0 Å². The molecule has 0 heterocycles. The molecule has 0 saturated heterocycles. The number of hydrogen-bond donors (Lipinski definition) is 3. The van der Waals surface area contributed by atoms with Gasteiger partial charge in [-0.25, -0.2) is 0 Å². The molecule has 0 spiro atoms. The molecule has 0 radical (unpaired) electrons. The number of carbonyl (C=O) groups excluding carboxylic acids is 2. The first kappa shape index (κ1) is 40.2. The third-order valence-electron chi connectivity index (χ3n) is 6.16. The lowest BCUT2D eigenvalue weighted by atomic mass is 10.2. The highest BCUT2D eigenvalue weighted by Crippen LogP contribution is 2.01. The van der Waals surface area contributed by atoms with Crippen molar-refractivity contribution in [3.63, 3.8) is 0 Å². The second kappa shape index (κ2) is 30.4. The van der Waals surface area contributed by atoms with E-state index >= 15 is 0 Å². The summed E-state index contributed by atoms with van der Waals surface area (Å²) in [5.74, 6) is -0.430. The van der Waals surface area contributed by atoms with Gasteiger partial charge >= 0.3 is 0 Å². The zero-order valence-electron chi connectivity index (χ0n) is 27.5. The summed E-state index contributed by atoms with van der Waals surface area (Å²) in [7, 11) is 0. The van der Waals surface area contributed by atoms with E-state index in [-0.39, 0.29) is 24.9 Å². The van der Waals surface area contributed by atoms with Crippen LogP contribution in [-0.4, -0.2) is 130 Å². The first-order chi connectivity index (χ1) is 23.2. The summed E-state index contributed by atoms with van der Waals surface area (Å²) in [6.07, 6.45) is 0. The summed E-state index contributed by atoms with van der Waals surface area (Å²) in [5, 5.41) is 8.26. The Hall–Kier alpha value is -2.98. The van der Waals surface area contributed by atoms with E-state index in [4.69, 9.17) is 37.9 Å². The van der Waals surface area contributed by atoms with Crippen LogP contribution in [0.25, 0.3) is 0 Å². The van der Waals surface area contributed by atoms with E-state index in [2.05, 4.69) is 16.0 Å². The Bertz CT molecular complexity index is 925. The quantitative estimate of drug-likeness (QED) is 0.0976. The average Bonchev–Trinajstić information content (AvgIpc) is 3.09. The van der Waals surface area contributed by atoms with Crippen LogP contribution < -0.4 is 16.0 Å². The zero-order valence-corrected chi connectivity index (χ0v) is 27.5. The largest absolute Gasteiger partial charge is 0.377 e. The Labute approximate surface area is 278 Å². The zero-order chi connectivity index (χ0) is 33.3. The SMILES string of the molecule is O=C(CNCC(=O)NCCOCCOCCOCCOCc1ccccc1)NCCOCCOCCOCCOCc1ccccc1. The molecule has 2 rings (SSSR count). The Morgan fingerprint density at radius 3 is 1.04 bits per heavy atom. The van der Waals surface area contributed by atoms with Gasteiger partial charge in [0.25, 0.3) is 0 Å². The van der Waals surface area contributed by atoms with Gasteiger partial charge in [-0.3, -0.25) is 14.9 Å². The van der Waals surface area contributed by atoms with Crippen molar-refractivity contribution in [1.29, 1.82) is 0 Å². The summed E-state index contributed by atoms with van der Waals surface area (Å²) >= 11 is 0. The van der Waals surface area contributed by atoms with Gasteiger partial charge in [-0.2, -0.15) is 0 Å². The molecule has 2 aromatic carbocycles. The Morgan fingerprint density at radius 2 is 0.702 bits per heavy atom. The van der Waals surface area contributed by atoms with E-state index in [0.717, 1.165) is 11.1 Å². The molecule has 13 nitrogen and oxygen atoms in total. The number of nitrogens with one attached hydrogen (secondary N) is 3. The van der Waals surface area contributed by atoms with Crippen LogP contribution >= 0.6 is 0 Å². The second-order valence-corrected chi connectivity index (χ2v) is 10.1. The summed E-state index contributed by atoms with van der Waals surface area (Å²) in [6, 6.07) is 20.0. The van der Waals surface area contributed by atoms with Crippen LogP contribution in [0, 0.1) is 0 Å². The molecule has 264 valence electrons. The molecule has 0 aliphatic rings. The van der Waals surface area contributed by atoms with Crippen molar-refractivity contribution in [1.82, 2.24) is 16.0 Å². The average molecular weight is 664 g/mol. The van der Waals surface area contributed by atoms with Crippen molar-refractivity contribution in [3.05, 3.63) is 71.8 Å². The summed E-state index contributed by atoms with van der Waals surface area (Å²) in [4.78, 5) is 23.8. The lowest BCUT2D eigenvalue weighted by Crippen LogP contribution is -2.41. The molecule has 0 saturated carbocycles. The summed E-state index contributed by atoms with van der Waals surface area (Å²) in [5.41, 5.74) is 2.28. The Morgan fingerprint density at radius 1 is 0.404 bits per heavy atom. The fraction of sp³-hybridized carbons (Fsp3) is 0.588. The second-order valence-electron chi connectivity index (χ2n) is 10.1. The molecule has 0 bridgehead atoms. The van der Waals surface area contributed by atoms with Crippen LogP contribution in [0.4, 0.5) is 0 Å². The maximum Gasteiger partial charge on any atom is 0.234 e. The molecule has 0 unspecified atom stereocenters. The van der Waals surface area contributed by atoms with E-state index in [1.54, 1.807) is 0 Å². The van der Waals surface area contributed by atoms with E-state index < -0.39 is 0 Å². The minimum atomic E-state index is -0.215. The van der Waals surface area contributed by atoms with Crippen molar-refractivity contribution in [2.45, 2.75) is 13.2 Å². The molecule has 47 heavy (non-hydrogen) atoms. The normalized spacial score (nSPS) is 11.1. The topological polar surface area (TPSA) is 144 Å². The van der Waals surface area contributed by atoms with E-state index in [1.165, 1.54) is 0 Å². The van der Waals surface area contributed by atoms with Crippen LogP contribution in [0.15, 0.2) is 60.7 Å². The molecule has 2 aromatic rings. The lowest BCUT2D eigenvalue weighted by molar-refractivity contribution is -0.121. The standard InChI is InChI=1S/C34H53N3O10/c38-33(36-11-13-40-15-17-42-19-21-44-23-25-46-29-31-7-3-1-4-8-31)27-35-28-34(39)37-12-14-41-16-18-43-20-22-45-24-26-47-30-32-9-5-2-6-10-32/h1-10,35H,11-30H2,(H,36,38)(H,37,39). The lowest BCUT2D eigenvalue weighted by Gasteiger charge is -2.09. The first-order valence-electron chi connectivity index (χ1n) is 16.2. The summed E-state index contributed by atoms with van der Waals surface area (Å²) in [6.45, 7) is 8.47. The highest BCUT2D eigenvalue weighted by Gasteiger charge is 2.04. The Kier molecular flexibility index (Phi) is 26.0. The molecule has 2 amide bonds. The molecular formula is C34H53N3O10. The monoisotopic (exact) mass is 663 g/mol. The van der Waals surface area contributed by atoms with Crippen LogP contribution in [0.3, 0.4) is 0 Å². The maximum absolute atomic E-state index is 11.9. The summed E-state index contributed by atoms with van der Waals surface area (Å²) < 4.78 is 43.8. The number of benzene rings is 2. The van der Waals surface area contributed by atoms with E-state index in [9.17, 15) is 9.59 Å². The van der Waals surface area contributed by atoms with Crippen molar-refractivity contribution in [2.75, 3.05) is 119 Å². The van der Waals surface area contributed by atoms with Gasteiger partial charge in [0.15, 0.2) is 0 Å². The van der Waals surface area contributed by atoms with Gasteiger partial charge in [0, 0.05) is 13.1 Å². The third-order valence-corrected chi connectivity index (χ3v) is 6.16. The maximum atomic E-state index is 11.9. The smallest absolute Gasteiger partial charge is 0.234 e. The number of rotatable bonds is 32. The van der Waals surface area contributed by atoms with Gasteiger partial charge in [-0.1, -0.05) is 60.7 Å². The van der Waals surface area contributed by atoms with Gasteiger partial charge in [-0.15, -0.1) is 0 Å². The van der Waals surface area contributed by atoms with Crippen LogP contribution in [0.5, 0.6) is 0 Å². The van der Waals surface area contributed by atoms with Crippen molar-refractivity contribution < 1.29 is 47.5 Å². The molecule has 0 fully saturated rings. The number of amides is 2. The number of carbonyl (C=O) groups is 2. The van der Waals surface area contributed by atoms with Crippen LogP contribution in [0.1, 0.15) is 11.1 Å². The Balaban J connectivity index is 1.21. The molecule has 3 N–H and O–H groups in total. The molecule has 0 aliphatic heterocycles. The van der Waals surface area contributed by atoms with Crippen molar-refractivity contribution >= 4 is 11.8 Å². The van der Waals surface area contributed by atoms with Gasteiger partial charge in [-0.05, 0) is 11.1 Å². The highest BCUT2D eigenvalue weighted by molar-refractivity contribution is 5.81.